The van der Waals surface area contributed by atoms with E-state index >= 15 is 0 Å². The minimum Gasteiger partial charge on any atom is -0.488 e. The molecule has 4 rings (SSSR count). The van der Waals surface area contributed by atoms with E-state index in [0.717, 1.165) is 25.0 Å². The first-order chi connectivity index (χ1) is 7.66. The van der Waals surface area contributed by atoms with Crippen LogP contribution in [0, 0.1) is 0 Å². The molecule has 5 nitrogen and oxygen atoms in total. The molecule has 0 saturated heterocycles. The first-order valence-corrected chi connectivity index (χ1v) is 5.62. The van der Waals surface area contributed by atoms with E-state index in [1.165, 1.54) is 0 Å². The van der Waals surface area contributed by atoms with Crippen molar-refractivity contribution in [2.75, 3.05) is 20.3 Å². The van der Waals surface area contributed by atoms with E-state index in [9.17, 15) is 0 Å². The highest BCUT2D eigenvalue weighted by molar-refractivity contribution is 5.27. The fraction of sp³-hybridized carbons (Fsp3) is 0.727. The van der Waals surface area contributed by atoms with Crippen LogP contribution in [0.2, 0.25) is 0 Å². The maximum atomic E-state index is 6.03. The predicted molar refractivity (Wildman–Crippen MR) is 58.3 cm³/mol. The minimum atomic E-state index is 0.114. The van der Waals surface area contributed by atoms with Gasteiger partial charge in [-0.3, -0.25) is 4.68 Å². The Balaban J connectivity index is 1.61. The standard InChI is InChI=1S/C11H17N3O2/c1-15-2-3-16-9-4-13-14(5-9)11-6-10(12,7-11)8-11/h4-5H,2-3,6-8,12H2,1H3. The van der Waals surface area contributed by atoms with E-state index in [2.05, 4.69) is 5.10 Å². The number of aromatic nitrogens is 2. The van der Waals surface area contributed by atoms with Crippen molar-refractivity contribution in [3.63, 3.8) is 0 Å². The topological polar surface area (TPSA) is 62.3 Å². The van der Waals surface area contributed by atoms with E-state index in [4.69, 9.17) is 15.2 Å². The summed E-state index contributed by atoms with van der Waals surface area (Å²) in [6.07, 6.45) is 6.89. The third-order valence-corrected chi connectivity index (χ3v) is 3.64. The van der Waals surface area contributed by atoms with Crippen LogP contribution in [0.25, 0.3) is 0 Å². The lowest BCUT2D eigenvalue weighted by Crippen LogP contribution is -2.76. The van der Waals surface area contributed by atoms with E-state index in [1.54, 1.807) is 13.3 Å². The van der Waals surface area contributed by atoms with Crippen molar-refractivity contribution in [1.82, 2.24) is 9.78 Å². The first-order valence-electron chi connectivity index (χ1n) is 5.62. The molecule has 0 amide bonds. The maximum Gasteiger partial charge on any atom is 0.157 e. The summed E-state index contributed by atoms with van der Waals surface area (Å²) in [5.74, 6) is 0.813. The summed E-state index contributed by atoms with van der Waals surface area (Å²) in [5, 5.41) is 4.35. The zero-order chi connectivity index (χ0) is 11.2. The van der Waals surface area contributed by atoms with Crippen LogP contribution in [0.3, 0.4) is 0 Å². The lowest BCUT2D eigenvalue weighted by atomic mass is 9.45. The second-order valence-corrected chi connectivity index (χ2v) is 5.08. The molecule has 0 radical (unpaired) electrons. The fourth-order valence-corrected chi connectivity index (χ4v) is 2.94. The third kappa shape index (κ3) is 1.35. The van der Waals surface area contributed by atoms with Crippen LogP contribution < -0.4 is 10.5 Å². The molecule has 0 aromatic carbocycles. The average molecular weight is 223 g/mol. The van der Waals surface area contributed by atoms with Crippen molar-refractivity contribution in [3.05, 3.63) is 12.4 Å². The first kappa shape index (κ1) is 10.1. The molecule has 0 atom stereocenters. The summed E-state index contributed by atoms with van der Waals surface area (Å²) in [7, 11) is 1.66. The van der Waals surface area contributed by atoms with Crippen LogP contribution >= 0.6 is 0 Å². The van der Waals surface area contributed by atoms with Gasteiger partial charge in [0.2, 0.25) is 0 Å². The number of rotatable bonds is 5. The van der Waals surface area contributed by atoms with Gasteiger partial charge in [0.05, 0.1) is 24.5 Å². The van der Waals surface area contributed by atoms with E-state index in [1.807, 2.05) is 10.9 Å². The fourth-order valence-electron chi connectivity index (χ4n) is 2.94. The smallest absolute Gasteiger partial charge is 0.157 e. The van der Waals surface area contributed by atoms with E-state index in [-0.39, 0.29) is 11.1 Å². The zero-order valence-corrected chi connectivity index (χ0v) is 9.48. The molecular weight excluding hydrogens is 206 g/mol. The van der Waals surface area contributed by atoms with Crippen molar-refractivity contribution >= 4 is 0 Å². The van der Waals surface area contributed by atoms with Crippen LogP contribution in [0.1, 0.15) is 19.3 Å². The highest BCUT2D eigenvalue weighted by atomic mass is 16.5. The Morgan fingerprint density at radius 2 is 2.19 bits per heavy atom. The molecule has 1 aromatic rings. The molecule has 2 N–H and O–H groups in total. The number of ether oxygens (including phenoxy) is 2. The Labute approximate surface area is 94.5 Å². The van der Waals surface area contributed by atoms with Gasteiger partial charge >= 0.3 is 0 Å². The quantitative estimate of drug-likeness (QED) is 0.738. The highest BCUT2D eigenvalue weighted by Crippen LogP contribution is 2.63. The molecule has 2 bridgehead atoms. The van der Waals surface area contributed by atoms with Gasteiger partial charge < -0.3 is 15.2 Å². The van der Waals surface area contributed by atoms with Gasteiger partial charge in [0.15, 0.2) is 5.75 Å². The summed E-state index contributed by atoms with van der Waals surface area (Å²) in [5.41, 5.74) is 6.35. The van der Waals surface area contributed by atoms with Crippen molar-refractivity contribution in [3.8, 4) is 5.75 Å². The lowest BCUT2D eigenvalue weighted by molar-refractivity contribution is -0.122. The van der Waals surface area contributed by atoms with Crippen LogP contribution in [0.4, 0.5) is 0 Å². The molecule has 0 aliphatic heterocycles. The van der Waals surface area contributed by atoms with Crippen molar-refractivity contribution in [2.24, 2.45) is 5.73 Å². The van der Waals surface area contributed by atoms with Gasteiger partial charge in [-0.1, -0.05) is 0 Å². The number of methoxy groups -OCH3 is 1. The molecule has 16 heavy (non-hydrogen) atoms. The van der Waals surface area contributed by atoms with Crippen LogP contribution in [-0.4, -0.2) is 35.6 Å². The van der Waals surface area contributed by atoms with Crippen molar-refractivity contribution in [1.29, 1.82) is 0 Å². The second-order valence-electron chi connectivity index (χ2n) is 5.08. The van der Waals surface area contributed by atoms with E-state index in [0.29, 0.717) is 13.2 Å². The van der Waals surface area contributed by atoms with Crippen LogP contribution in [-0.2, 0) is 10.3 Å². The Morgan fingerprint density at radius 1 is 1.44 bits per heavy atom. The predicted octanol–water partition coefficient (Wildman–Crippen LogP) is 0.499. The molecule has 1 heterocycles. The molecule has 3 saturated carbocycles. The summed E-state index contributed by atoms with van der Waals surface area (Å²) in [6.45, 7) is 1.16. The molecular formula is C11H17N3O2. The summed E-state index contributed by atoms with van der Waals surface area (Å²) in [4.78, 5) is 0. The number of hydrogen-bond donors (Lipinski definition) is 1. The molecule has 3 aliphatic rings. The van der Waals surface area contributed by atoms with E-state index < -0.39 is 0 Å². The Bertz CT molecular complexity index is 382. The number of nitrogens with zero attached hydrogens (tertiary/aromatic N) is 2. The van der Waals surface area contributed by atoms with Gasteiger partial charge in [-0.2, -0.15) is 5.10 Å². The van der Waals surface area contributed by atoms with Crippen LogP contribution in [0.5, 0.6) is 5.75 Å². The number of hydrogen-bond acceptors (Lipinski definition) is 4. The molecule has 1 aromatic heterocycles. The largest absolute Gasteiger partial charge is 0.488 e. The third-order valence-electron chi connectivity index (χ3n) is 3.64. The average Bonchev–Trinajstić information content (AvgIpc) is 2.61. The molecule has 3 fully saturated rings. The van der Waals surface area contributed by atoms with Crippen molar-refractivity contribution in [2.45, 2.75) is 30.3 Å². The summed E-state index contributed by atoms with van der Waals surface area (Å²) in [6, 6.07) is 0. The van der Waals surface area contributed by atoms with Gasteiger partial charge in [-0.15, -0.1) is 0 Å². The van der Waals surface area contributed by atoms with Gasteiger partial charge in [0.25, 0.3) is 0 Å². The molecule has 0 unspecified atom stereocenters. The molecule has 5 heteroatoms. The zero-order valence-electron chi connectivity index (χ0n) is 9.48. The highest BCUT2D eigenvalue weighted by Gasteiger charge is 2.67. The SMILES string of the molecule is COCCOc1cnn(C23CC(N)(C2)C3)c1. The van der Waals surface area contributed by atoms with Crippen molar-refractivity contribution < 1.29 is 9.47 Å². The van der Waals surface area contributed by atoms with Gasteiger partial charge in [-0.05, 0) is 19.3 Å². The maximum absolute atomic E-state index is 6.03. The monoisotopic (exact) mass is 223 g/mol. The lowest BCUT2D eigenvalue weighted by Gasteiger charge is -2.68. The minimum absolute atomic E-state index is 0.114. The summed E-state index contributed by atoms with van der Waals surface area (Å²) < 4.78 is 12.4. The summed E-state index contributed by atoms with van der Waals surface area (Å²) >= 11 is 0. The molecule has 0 spiro atoms. The Kier molecular flexibility index (Phi) is 2.03. The molecule has 3 aliphatic carbocycles. The second kappa shape index (κ2) is 3.21. The molecule has 88 valence electrons. The van der Waals surface area contributed by atoms with Gasteiger partial charge in [0, 0.05) is 12.6 Å². The normalized spacial score (nSPS) is 35.4. The Hall–Kier alpha value is -1.07. The van der Waals surface area contributed by atoms with Gasteiger partial charge in [0.1, 0.15) is 6.61 Å². The van der Waals surface area contributed by atoms with Crippen LogP contribution in [0.15, 0.2) is 12.4 Å². The van der Waals surface area contributed by atoms with Gasteiger partial charge in [-0.25, -0.2) is 0 Å². The Morgan fingerprint density at radius 3 is 2.81 bits per heavy atom. The number of nitrogens with two attached hydrogens (primary N) is 1.